The van der Waals surface area contributed by atoms with Gasteiger partial charge in [-0.05, 0) is 38.1 Å². The number of hydrogen-bond acceptors (Lipinski definition) is 7. The summed E-state index contributed by atoms with van der Waals surface area (Å²) >= 11 is 0. The fourth-order valence-electron chi connectivity index (χ4n) is 2.91. The maximum absolute atomic E-state index is 12.9. The molecule has 1 N–H and O–H groups in total. The Hall–Kier alpha value is -2.56. The van der Waals surface area contributed by atoms with E-state index in [1.165, 1.54) is 29.6 Å². The highest BCUT2D eigenvalue weighted by Gasteiger charge is 2.28. The Morgan fingerprint density at radius 2 is 1.79 bits per heavy atom. The smallest absolute Gasteiger partial charge is 0.261 e. The van der Waals surface area contributed by atoms with Crippen LogP contribution < -0.4 is 10.1 Å². The predicted molar refractivity (Wildman–Crippen MR) is 102 cm³/mol. The summed E-state index contributed by atoms with van der Waals surface area (Å²) < 4.78 is 37.6. The molecule has 9 nitrogen and oxygen atoms in total. The summed E-state index contributed by atoms with van der Waals surface area (Å²) in [4.78, 5) is 21.1. The molecule has 0 atom stereocenters. The van der Waals surface area contributed by atoms with Gasteiger partial charge in [-0.2, -0.15) is 4.31 Å². The van der Waals surface area contributed by atoms with Gasteiger partial charge in [0.15, 0.2) is 0 Å². The number of nitrogens with one attached hydrogen (secondary N) is 1. The molecule has 2 heterocycles. The first kappa shape index (κ1) is 20.2. The maximum atomic E-state index is 12.9. The van der Waals surface area contributed by atoms with Gasteiger partial charge < -0.3 is 9.47 Å². The third kappa shape index (κ3) is 4.29. The summed E-state index contributed by atoms with van der Waals surface area (Å²) in [6.45, 7) is 4.80. The second-order valence-corrected chi connectivity index (χ2v) is 8.24. The van der Waals surface area contributed by atoms with Crippen molar-refractivity contribution in [1.29, 1.82) is 0 Å². The van der Waals surface area contributed by atoms with Gasteiger partial charge in [-0.1, -0.05) is 0 Å². The number of amides is 1. The van der Waals surface area contributed by atoms with Crippen LogP contribution in [0.4, 0.5) is 5.95 Å². The summed E-state index contributed by atoms with van der Waals surface area (Å²) in [6, 6.07) is 5.98. The number of sulfonamides is 1. The molecule has 1 aromatic carbocycles. The number of morpholine rings is 1. The third-order valence-electron chi connectivity index (χ3n) is 4.23. The minimum absolute atomic E-state index is 0.0155. The topological polar surface area (TPSA) is 111 Å². The van der Waals surface area contributed by atoms with Crippen LogP contribution in [0.5, 0.6) is 5.75 Å². The van der Waals surface area contributed by atoms with Gasteiger partial charge in [0.1, 0.15) is 5.75 Å². The number of aromatic nitrogens is 2. The molecule has 3 rings (SSSR count). The van der Waals surface area contributed by atoms with Crippen molar-refractivity contribution in [2.24, 2.45) is 0 Å². The molecule has 1 saturated heterocycles. The van der Waals surface area contributed by atoms with Crippen molar-refractivity contribution < 1.29 is 22.7 Å². The normalized spacial score (nSPS) is 15.2. The minimum Gasteiger partial charge on any atom is -0.496 e. The van der Waals surface area contributed by atoms with Gasteiger partial charge in [0.05, 0.1) is 30.8 Å². The first-order valence-electron chi connectivity index (χ1n) is 8.71. The third-order valence-corrected chi connectivity index (χ3v) is 6.13. The molecule has 28 heavy (non-hydrogen) atoms. The number of aryl methyl sites for hydroxylation is 2. The van der Waals surface area contributed by atoms with E-state index in [4.69, 9.17) is 9.47 Å². The Morgan fingerprint density at radius 3 is 2.39 bits per heavy atom. The number of carbonyl (C=O) groups excluding carboxylic acids is 1. The van der Waals surface area contributed by atoms with Gasteiger partial charge in [-0.3, -0.25) is 10.1 Å². The first-order valence-corrected chi connectivity index (χ1v) is 10.1. The van der Waals surface area contributed by atoms with Crippen LogP contribution in [0.25, 0.3) is 0 Å². The van der Waals surface area contributed by atoms with Gasteiger partial charge in [-0.15, -0.1) is 0 Å². The minimum atomic E-state index is -3.74. The largest absolute Gasteiger partial charge is 0.496 e. The maximum Gasteiger partial charge on any atom is 0.261 e. The number of carbonyl (C=O) groups is 1. The van der Waals surface area contributed by atoms with Crippen molar-refractivity contribution in [3.05, 3.63) is 41.2 Å². The van der Waals surface area contributed by atoms with Gasteiger partial charge in [0, 0.05) is 24.5 Å². The molecule has 150 valence electrons. The van der Waals surface area contributed by atoms with Crippen molar-refractivity contribution in [2.45, 2.75) is 18.7 Å². The second kappa shape index (κ2) is 8.21. The molecular weight excluding hydrogens is 384 g/mol. The zero-order valence-electron chi connectivity index (χ0n) is 15.9. The van der Waals surface area contributed by atoms with Gasteiger partial charge >= 0.3 is 0 Å². The van der Waals surface area contributed by atoms with E-state index in [9.17, 15) is 13.2 Å². The highest BCUT2D eigenvalue weighted by atomic mass is 32.2. The van der Waals surface area contributed by atoms with Crippen LogP contribution in [-0.4, -0.2) is 62.0 Å². The highest BCUT2D eigenvalue weighted by molar-refractivity contribution is 7.89. The van der Waals surface area contributed by atoms with Crippen molar-refractivity contribution in [1.82, 2.24) is 14.3 Å². The number of nitrogens with zero attached hydrogens (tertiary/aromatic N) is 3. The van der Waals surface area contributed by atoms with E-state index in [0.29, 0.717) is 24.6 Å². The van der Waals surface area contributed by atoms with Crippen molar-refractivity contribution in [2.75, 3.05) is 38.7 Å². The van der Waals surface area contributed by atoms with E-state index >= 15 is 0 Å². The lowest BCUT2D eigenvalue weighted by atomic mass is 10.2. The summed E-state index contributed by atoms with van der Waals surface area (Å²) in [5.41, 5.74) is 1.50. The summed E-state index contributed by atoms with van der Waals surface area (Å²) in [7, 11) is -2.33. The van der Waals surface area contributed by atoms with Gasteiger partial charge in [0.2, 0.25) is 16.0 Å². The van der Waals surface area contributed by atoms with Crippen LogP contribution in [-0.2, 0) is 14.8 Å². The number of ether oxygens (including phenoxy) is 2. The molecule has 1 fully saturated rings. The molecule has 2 aromatic rings. The Morgan fingerprint density at radius 1 is 1.14 bits per heavy atom. The monoisotopic (exact) mass is 406 g/mol. The Balaban J connectivity index is 1.93. The van der Waals surface area contributed by atoms with E-state index in [1.54, 1.807) is 19.9 Å². The van der Waals surface area contributed by atoms with E-state index < -0.39 is 15.9 Å². The Labute approximate surface area is 163 Å². The molecule has 0 spiro atoms. The summed E-state index contributed by atoms with van der Waals surface area (Å²) in [6.07, 6.45) is 0. The predicted octanol–water partition coefficient (Wildman–Crippen LogP) is 1.38. The first-order chi connectivity index (χ1) is 13.3. The fraction of sp³-hybridized carbons (Fsp3) is 0.389. The molecule has 1 amide bonds. The number of hydrogen-bond donors (Lipinski definition) is 1. The van der Waals surface area contributed by atoms with Crippen LogP contribution in [0.15, 0.2) is 29.2 Å². The van der Waals surface area contributed by atoms with Crippen LogP contribution in [0.2, 0.25) is 0 Å². The Bertz CT molecular complexity index is 967. The number of benzene rings is 1. The van der Waals surface area contributed by atoms with Crippen LogP contribution in [0.1, 0.15) is 21.7 Å². The van der Waals surface area contributed by atoms with Crippen LogP contribution >= 0.6 is 0 Å². The SMILES string of the molecule is COc1ccc(S(=O)(=O)N2CCOCC2)cc1C(=O)Nc1nc(C)cc(C)n1. The Kier molecular flexibility index (Phi) is 5.92. The molecule has 0 radical (unpaired) electrons. The van der Waals surface area contributed by atoms with Crippen LogP contribution in [0, 0.1) is 13.8 Å². The molecule has 0 bridgehead atoms. The van der Waals surface area contributed by atoms with Crippen molar-refractivity contribution >= 4 is 21.9 Å². The average molecular weight is 406 g/mol. The van der Waals surface area contributed by atoms with Crippen molar-refractivity contribution in [3.63, 3.8) is 0 Å². The zero-order chi connectivity index (χ0) is 20.3. The van der Waals surface area contributed by atoms with E-state index in [1.807, 2.05) is 0 Å². The number of anilines is 1. The molecule has 10 heteroatoms. The summed E-state index contributed by atoms with van der Waals surface area (Å²) in [5.74, 6) is -0.158. The van der Waals surface area contributed by atoms with E-state index in [-0.39, 0.29) is 35.2 Å². The quantitative estimate of drug-likeness (QED) is 0.798. The number of methoxy groups -OCH3 is 1. The lowest BCUT2D eigenvalue weighted by Gasteiger charge is -2.26. The second-order valence-electron chi connectivity index (χ2n) is 6.31. The lowest BCUT2D eigenvalue weighted by molar-refractivity contribution is 0.0730. The number of rotatable bonds is 5. The molecule has 1 aliphatic heterocycles. The van der Waals surface area contributed by atoms with Crippen LogP contribution in [0.3, 0.4) is 0 Å². The van der Waals surface area contributed by atoms with Gasteiger partial charge in [0.25, 0.3) is 5.91 Å². The van der Waals surface area contributed by atoms with E-state index in [0.717, 1.165) is 0 Å². The van der Waals surface area contributed by atoms with E-state index in [2.05, 4.69) is 15.3 Å². The molecule has 0 aliphatic carbocycles. The molecule has 0 unspecified atom stereocenters. The van der Waals surface area contributed by atoms with Gasteiger partial charge in [-0.25, -0.2) is 18.4 Å². The van der Waals surface area contributed by atoms with Crippen molar-refractivity contribution in [3.8, 4) is 5.75 Å². The summed E-state index contributed by atoms with van der Waals surface area (Å²) in [5, 5.41) is 2.60. The molecule has 1 aromatic heterocycles. The fourth-order valence-corrected chi connectivity index (χ4v) is 4.35. The molecular formula is C18H22N4O5S. The molecule has 1 aliphatic rings. The zero-order valence-corrected chi connectivity index (χ0v) is 16.7. The molecule has 0 saturated carbocycles. The standard InChI is InChI=1S/C18H22N4O5S/c1-12-10-13(2)20-18(19-12)21-17(23)15-11-14(4-5-16(15)26-3)28(24,25)22-6-8-27-9-7-22/h4-5,10-11H,6-9H2,1-3H3,(H,19,20,21,23). The lowest BCUT2D eigenvalue weighted by Crippen LogP contribution is -2.40. The highest BCUT2D eigenvalue weighted by Crippen LogP contribution is 2.25. The average Bonchev–Trinajstić information content (AvgIpc) is 2.67.